The van der Waals surface area contributed by atoms with E-state index in [4.69, 9.17) is 5.11 Å². The Morgan fingerprint density at radius 3 is 2.71 bits per heavy atom. The summed E-state index contributed by atoms with van der Waals surface area (Å²) >= 11 is 0. The summed E-state index contributed by atoms with van der Waals surface area (Å²) in [6, 6.07) is 3.05. The summed E-state index contributed by atoms with van der Waals surface area (Å²) in [5.41, 5.74) is 0.141. The third kappa shape index (κ3) is 3.60. The van der Waals surface area contributed by atoms with Gasteiger partial charge in [0.25, 0.3) is 0 Å². The van der Waals surface area contributed by atoms with Crippen LogP contribution >= 0.6 is 0 Å². The van der Waals surface area contributed by atoms with Crippen LogP contribution in [-0.4, -0.2) is 41.0 Å². The average Bonchev–Trinajstić information content (AvgIpc) is 2.29. The molecule has 0 saturated heterocycles. The Bertz CT molecular complexity index is 437. The lowest BCUT2D eigenvalue weighted by Crippen LogP contribution is -2.29. The third-order valence-electron chi connectivity index (χ3n) is 1.89. The molecule has 0 fully saturated rings. The molecule has 1 aromatic heterocycles. The summed E-state index contributed by atoms with van der Waals surface area (Å²) in [5.74, 6) is 0.0801. The minimum atomic E-state index is -1.00. The van der Waals surface area contributed by atoms with Crippen molar-refractivity contribution in [2.45, 2.75) is 0 Å². The number of guanidine groups is 1. The van der Waals surface area contributed by atoms with Gasteiger partial charge in [-0.15, -0.1) is 0 Å². The monoisotopic (exact) mass is 234 g/mol. The lowest BCUT2D eigenvalue weighted by molar-refractivity contribution is 0.0696. The summed E-state index contributed by atoms with van der Waals surface area (Å²) in [5, 5.41) is 11.7. The van der Waals surface area contributed by atoms with E-state index in [1.807, 2.05) is 14.1 Å². The Morgan fingerprint density at radius 1 is 1.59 bits per heavy atom. The van der Waals surface area contributed by atoms with Crippen LogP contribution in [0.25, 0.3) is 0 Å². The molecular formula is C11H14N4O2. The van der Waals surface area contributed by atoms with Gasteiger partial charge in [0.15, 0.2) is 0 Å². The topological polar surface area (TPSA) is 77.8 Å². The highest BCUT2D eigenvalue weighted by atomic mass is 16.4. The molecule has 1 rings (SSSR count). The van der Waals surface area contributed by atoms with Crippen molar-refractivity contribution in [3.63, 3.8) is 0 Å². The Hall–Kier alpha value is -2.37. The zero-order valence-electron chi connectivity index (χ0n) is 9.71. The van der Waals surface area contributed by atoms with Crippen molar-refractivity contribution < 1.29 is 9.90 Å². The highest BCUT2D eigenvalue weighted by Crippen LogP contribution is 2.05. The number of aromatic carboxylic acids is 1. The van der Waals surface area contributed by atoms with Gasteiger partial charge in [-0.05, 0) is 12.1 Å². The number of carboxylic acid groups (broad SMARTS) is 1. The molecular weight excluding hydrogens is 220 g/mol. The van der Waals surface area contributed by atoms with Crippen LogP contribution in [0.4, 0.5) is 5.82 Å². The smallest absolute Gasteiger partial charge is 0.337 e. The second-order valence-electron chi connectivity index (χ2n) is 3.39. The predicted molar refractivity (Wildman–Crippen MR) is 66.1 cm³/mol. The van der Waals surface area contributed by atoms with Crippen molar-refractivity contribution in [1.82, 2.24) is 9.88 Å². The number of anilines is 1. The van der Waals surface area contributed by atoms with Crippen LogP contribution in [0.1, 0.15) is 10.4 Å². The van der Waals surface area contributed by atoms with Crippen LogP contribution in [0.3, 0.4) is 0 Å². The number of aliphatic imine (C=N–C) groups is 1. The SMILES string of the molecule is C=C/N=C(/Nc1ccc(C(=O)O)cn1)N(C)C. The molecule has 0 atom stereocenters. The summed E-state index contributed by atoms with van der Waals surface area (Å²) in [6.45, 7) is 3.51. The first-order valence-corrected chi connectivity index (χ1v) is 4.87. The molecule has 0 unspecified atom stereocenters. The lowest BCUT2D eigenvalue weighted by Gasteiger charge is -2.16. The van der Waals surface area contributed by atoms with Crippen molar-refractivity contribution in [2.75, 3.05) is 19.4 Å². The molecule has 0 aliphatic carbocycles. The molecule has 1 heterocycles. The summed E-state index contributed by atoms with van der Waals surface area (Å²) in [6.07, 6.45) is 2.69. The zero-order chi connectivity index (χ0) is 12.8. The Kier molecular flexibility index (Phi) is 4.21. The highest BCUT2D eigenvalue weighted by Gasteiger charge is 2.05. The number of carbonyl (C=O) groups is 1. The van der Waals surface area contributed by atoms with E-state index in [-0.39, 0.29) is 5.56 Å². The molecule has 0 aliphatic rings. The minimum absolute atomic E-state index is 0.141. The number of pyridine rings is 1. The largest absolute Gasteiger partial charge is 0.478 e. The maximum atomic E-state index is 10.6. The van der Waals surface area contributed by atoms with Gasteiger partial charge >= 0.3 is 5.97 Å². The molecule has 0 spiro atoms. The van der Waals surface area contributed by atoms with Crippen LogP contribution in [0.15, 0.2) is 36.1 Å². The quantitative estimate of drug-likeness (QED) is 0.608. The van der Waals surface area contributed by atoms with Crippen molar-refractivity contribution in [2.24, 2.45) is 4.99 Å². The van der Waals surface area contributed by atoms with Crippen molar-refractivity contribution >= 4 is 17.7 Å². The maximum Gasteiger partial charge on any atom is 0.337 e. The molecule has 0 aliphatic heterocycles. The van der Waals surface area contributed by atoms with Crippen LogP contribution in [0, 0.1) is 0 Å². The third-order valence-corrected chi connectivity index (χ3v) is 1.89. The van der Waals surface area contributed by atoms with E-state index in [1.54, 1.807) is 11.0 Å². The zero-order valence-corrected chi connectivity index (χ0v) is 9.71. The van der Waals surface area contributed by atoms with Crippen molar-refractivity contribution in [1.29, 1.82) is 0 Å². The van der Waals surface area contributed by atoms with Gasteiger partial charge in [0.05, 0.1) is 5.56 Å². The number of nitrogens with zero attached hydrogens (tertiary/aromatic N) is 3. The summed E-state index contributed by atoms with van der Waals surface area (Å²) in [4.78, 5) is 20.4. The Labute approximate surface area is 99.3 Å². The molecule has 0 radical (unpaired) electrons. The summed E-state index contributed by atoms with van der Waals surface area (Å²) < 4.78 is 0. The van der Waals surface area contributed by atoms with E-state index >= 15 is 0 Å². The first kappa shape index (κ1) is 12.7. The number of nitrogens with one attached hydrogen (secondary N) is 1. The van der Waals surface area contributed by atoms with E-state index in [0.29, 0.717) is 11.8 Å². The molecule has 90 valence electrons. The maximum absolute atomic E-state index is 10.6. The molecule has 0 bridgehead atoms. The van der Waals surface area contributed by atoms with Gasteiger partial charge in [-0.2, -0.15) is 0 Å². The molecule has 6 heteroatoms. The average molecular weight is 234 g/mol. The van der Waals surface area contributed by atoms with Gasteiger partial charge in [0, 0.05) is 26.5 Å². The number of hydrogen-bond acceptors (Lipinski definition) is 3. The van der Waals surface area contributed by atoms with E-state index in [1.165, 1.54) is 18.5 Å². The van der Waals surface area contributed by atoms with Crippen LogP contribution in [0.5, 0.6) is 0 Å². The highest BCUT2D eigenvalue weighted by molar-refractivity contribution is 5.93. The van der Waals surface area contributed by atoms with Crippen LogP contribution in [-0.2, 0) is 0 Å². The second-order valence-corrected chi connectivity index (χ2v) is 3.39. The molecule has 6 nitrogen and oxygen atoms in total. The molecule has 0 amide bonds. The van der Waals surface area contributed by atoms with Gasteiger partial charge in [0.2, 0.25) is 5.96 Å². The van der Waals surface area contributed by atoms with Gasteiger partial charge in [0.1, 0.15) is 5.82 Å². The van der Waals surface area contributed by atoms with Gasteiger partial charge in [-0.3, -0.25) is 0 Å². The normalized spacial score (nSPS) is 10.8. The van der Waals surface area contributed by atoms with Gasteiger partial charge in [-0.1, -0.05) is 6.58 Å². The fraction of sp³-hybridized carbons (Fsp3) is 0.182. The molecule has 1 aromatic rings. The van der Waals surface area contributed by atoms with E-state index in [9.17, 15) is 4.79 Å². The first-order chi connectivity index (χ1) is 8.04. The molecule has 2 N–H and O–H groups in total. The van der Waals surface area contributed by atoms with E-state index < -0.39 is 5.97 Å². The second kappa shape index (κ2) is 5.64. The van der Waals surface area contributed by atoms with Crippen molar-refractivity contribution in [3.05, 3.63) is 36.7 Å². The van der Waals surface area contributed by atoms with E-state index in [2.05, 4.69) is 21.9 Å². The number of aromatic nitrogens is 1. The standard InChI is InChI=1S/C11H14N4O2/c1-4-12-11(15(2)3)14-9-6-5-8(7-13-9)10(16)17/h4-7H,1H2,2-3H3,(H,16,17)(H,12,13,14). The lowest BCUT2D eigenvalue weighted by atomic mass is 10.3. The van der Waals surface area contributed by atoms with Crippen LogP contribution in [0.2, 0.25) is 0 Å². The Balaban J connectivity index is 2.84. The number of rotatable bonds is 3. The molecule has 17 heavy (non-hydrogen) atoms. The molecule has 0 aromatic carbocycles. The Morgan fingerprint density at radius 2 is 2.29 bits per heavy atom. The van der Waals surface area contributed by atoms with Crippen molar-refractivity contribution in [3.8, 4) is 0 Å². The molecule has 0 saturated carbocycles. The predicted octanol–water partition coefficient (Wildman–Crippen LogP) is 1.25. The van der Waals surface area contributed by atoms with E-state index in [0.717, 1.165) is 0 Å². The van der Waals surface area contributed by atoms with Gasteiger partial charge < -0.3 is 15.3 Å². The fourth-order valence-corrected chi connectivity index (χ4v) is 1.05. The van der Waals surface area contributed by atoms with Gasteiger partial charge in [-0.25, -0.2) is 14.8 Å². The number of carboxylic acids is 1. The number of hydrogen-bond donors (Lipinski definition) is 2. The van der Waals surface area contributed by atoms with Crippen LogP contribution < -0.4 is 5.32 Å². The fourth-order valence-electron chi connectivity index (χ4n) is 1.05. The summed E-state index contributed by atoms with van der Waals surface area (Å²) in [7, 11) is 3.64. The first-order valence-electron chi connectivity index (χ1n) is 4.87. The minimum Gasteiger partial charge on any atom is -0.478 e.